The molecule has 2 amide bonds. The van der Waals surface area contributed by atoms with Crippen LogP contribution < -0.4 is 10.6 Å². The summed E-state index contributed by atoms with van der Waals surface area (Å²) >= 11 is 5.93. The molecule has 26 heavy (non-hydrogen) atoms. The Hall–Kier alpha value is -2.65. The van der Waals surface area contributed by atoms with E-state index in [1.807, 2.05) is 0 Å². The van der Waals surface area contributed by atoms with E-state index >= 15 is 0 Å². The van der Waals surface area contributed by atoms with Gasteiger partial charge in [-0.3, -0.25) is 10.1 Å². The summed E-state index contributed by atoms with van der Waals surface area (Å²) in [5, 5.41) is 15.8. The first-order valence-electron chi connectivity index (χ1n) is 7.40. The predicted octanol–water partition coefficient (Wildman–Crippen LogP) is 3.16. The summed E-state index contributed by atoms with van der Waals surface area (Å²) in [5.41, 5.74) is 0.587. The van der Waals surface area contributed by atoms with E-state index < -0.39 is 26.8 Å². The maximum atomic E-state index is 12.2. The normalized spacial score (nSPS) is 12.2. The predicted molar refractivity (Wildman–Crippen MR) is 99.2 cm³/mol. The molecule has 0 unspecified atom stereocenters. The third-order valence-electron chi connectivity index (χ3n) is 3.39. The highest BCUT2D eigenvalue weighted by molar-refractivity contribution is 7.90. The third-order valence-corrected chi connectivity index (χ3v) is 4.64. The van der Waals surface area contributed by atoms with Crippen LogP contribution in [0, 0.1) is 10.1 Å². The molecule has 0 fully saturated rings. The molecule has 2 aromatic carbocycles. The molecule has 0 spiro atoms. The van der Waals surface area contributed by atoms with Gasteiger partial charge in [-0.1, -0.05) is 41.9 Å². The van der Waals surface area contributed by atoms with E-state index in [1.165, 1.54) is 12.1 Å². The molecule has 0 bridgehead atoms. The Kier molecular flexibility index (Phi) is 6.17. The number of carbonyl (C=O) groups excluding carboxylic acids is 1. The highest BCUT2D eigenvalue weighted by Crippen LogP contribution is 2.26. The Balaban J connectivity index is 2.16. The van der Waals surface area contributed by atoms with Crippen LogP contribution in [-0.2, 0) is 9.84 Å². The molecule has 10 heteroatoms. The molecular formula is C16H16ClN3O5S. The number of amides is 2. The van der Waals surface area contributed by atoms with E-state index in [4.69, 9.17) is 11.6 Å². The molecule has 0 saturated carbocycles. The van der Waals surface area contributed by atoms with Crippen LogP contribution in [0.15, 0.2) is 48.5 Å². The van der Waals surface area contributed by atoms with Gasteiger partial charge in [0, 0.05) is 18.4 Å². The zero-order valence-corrected chi connectivity index (χ0v) is 15.3. The van der Waals surface area contributed by atoms with Gasteiger partial charge in [-0.2, -0.15) is 0 Å². The van der Waals surface area contributed by atoms with E-state index in [9.17, 15) is 23.3 Å². The lowest BCUT2D eigenvalue weighted by molar-refractivity contribution is -0.384. The van der Waals surface area contributed by atoms with Gasteiger partial charge in [0.1, 0.15) is 9.84 Å². The molecule has 0 heterocycles. The van der Waals surface area contributed by atoms with Gasteiger partial charge in [0.2, 0.25) is 0 Å². The Labute approximate surface area is 155 Å². The number of carbonyl (C=O) groups is 1. The van der Waals surface area contributed by atoms with Crippen molar-refractivity contribution in [3.8, 4) is 0 Å². The zero-order chi connectivity index (χ0) is 19.3. The number of hydrogen-bond donors (Lipinski definition) is 2. The number of nitro groups is 1. The number of rotatable bonds is 6. The number of nitrogens with zero attached hydrogens (tertiary/aromatic N) is 1. The van der Waals surface area contributed by atoms with Crippen molar-refractivity contribution in [3.63, 3.8) is 0 Å². The van der Waals surface area contributed by atoms with Gasteiger partial charge < -0.3 is 10.6 Å². The fraction of sp³-hybridized carbons (Fsp3) is 0.188. The fourth-order valence-electron chi connectivity index (χ4n) is 2.24. The number of anilines is 1. The molecule has 2 N–H and O–H groups in total. The van der Waals surface area contributed by atoms with Crippen LogP contribution in [0.2, 0.25) is 5.02 Å². The lowest BCUT2D eigenvalue weighted by atomic mass is 10.1. The molecule has 8 nitrogen and oxygen atoms in total. The molecular weight excluding hydrogens is 382 g/mol. The maximum Gasteiger partial charge on any atom is 0.319 e. The van der Waals surface area contributed by atoms with Crippen molar-refractivity contribution in [1.29, 1.82) is 0 Å². The van der Waals surface area contributed by atoms with E-state index in [0.29, 0.717) is 5.56 Å². The van der Waals surface area contributed by atoms with Gasteiger partial charge in [-0.05, 0) is 11.6 Å². The van der Waals surface area contributed by atoms with Gasteiger partial charge >= 0.3 is 6.03 Å². The summed E-state index contributed by atoms with van der Waals surface area (Å²) in [6, 6.07) is 10.8. The number of hydrogen-bond acceptors (Lipinski definition) is 5. The van der Waals surface area contributed by atoms with E-state index in [1.54, 1.807) is 30.3 Å². The highest BCUT2D eigenvalue weighted by atomic mass is 35.5. The number of nitro benzene ring substituents is 1. The Morgan fingerprint density at radius 1 is 1.23 bits per heavy atom. The van der Waals surface area contributed by atoms with Crippen molar-refractivity contribution in [3.05, 3.63) is 69.2 Å². The minimum atomic E-state index is -3.36. The van der Waals surface area contributed by atoms with Crippen molar-refractivity contribution in [1.82, 2.24) is 5.32 Å². The molecule has 0 aromatic heterocycles. The van der Waals surface area contributed by atoms with Crippen LogP contribution in [0.5, 0.6) is 0 Å². The largest absolute Gasteiger partial charge is 0.330 e. The maximum absolute atomic E-state index is 12.2. The van der Waals surface area contributed by atoms with E-state index in [2.05, 4.69) is 10.6 Å². The summed E-state index contributed by atoms with van der Waals surface area (Å²) in [7, 11) is -3.36. The van der Waals surface area contributed by atoms with Gasteiger partial charge in [0.25, 0.3) is 5.69 Å². The molecule has 1 atom stereocenters. The average molecular weight is 398 g/mol. The minimum absolute atomic E-state index is 0.00581. The van der Waals surface area contributed by atoms with Crippen molar-refractivity contribution in [2.45, 2.75) is 6.04 Å². The van der Waals surface area contributed by atoms with Gasteiger partial charge in [-0.15, -0.1) is 0 Å². The number of benzene rings is 2. The zero-order valence-electron chi connectivity index (χ0n) is 13.7. The Bertz CT molecular complexity index is 919. The SMILES string of the molecule is CS(=O)(=O)C[C@@H](NC(=O)Nc1ccc([N+](=O)[O-])cc1Cl)c1ccccc1. The first-order valence-corrected chi connectivity index (χ1v) is 9.83. The van der Waals surface area contributed by atoms with Gasteiger partial charge in [-0.25, -0.2) is 13.2 Å². The monoisotopic (exact) mass is 397 g/mol. The van der Waals surface area contributed by atoms with Crippen LogP contribution in [0.3, 0.4) is 0 Å². The van der Waals surface area contributed by atoms with Crippen molar-refractivity contribution >= 4 is 38.8 Å². The van der Waals surface area contributed by atoms with Crippen LogP contribution in [0.4, 0.5) is 16.2 Å². The summed E-state index contributed by atoms with van der Waals surface area (Å²) in [5.74, 6) is -0.279. The first-order chi connectivity index (χ1) is 12.2. The van der Waals surface area contributed by atoms with Crippen molar-refractivity contribution in [2.75, 3.05) is 17.3 Å². The van der Waals surface area contributed by atoms with Gasteiger partial charge in [0.15, 0.2) is 0 Å². The molecule has 2 rings (SSSR count). The topological polar surface area (TPSA) is 118 Å². The second-order valence-electron chi connectivity index (χ2n) is 5.58. The number of non-ortho nitro benzene ring substituents is 1. The summed E-state index contributed by atoms with van der Waals surface area (Å²) in [4.78, 5) is 22.4. The highest BCUT2D eigenvalue weighted by Gasteiger charge is 2.20. The Morgan fingerprint density at radius 3 is 2.42 bits per heavy atom. The van der Waals surface area contributed by atoms with Crippen LogP contribution in [-0.4, -0.2) is 31.4 Å². The number of urea groups is 1. The second-order valence-corrected chi connectivity index (χ2v) is 8.17. The lowest BCUT2D eigenvalue weighted by Crippen LogP contribution is -2.36. The Morgan fingerprint density at radius 2 is 1.88 bits per heavy atom. The quantitative estimate of drug-likeness (QED) is 0.573. The van der Waals surface area contributed by atoms with Crippen molar-refractivity contribution < 1.29 is 18.1 Å². The molecule has 2 aromatic rings. The van der Waals surface area contributed by atoms with Crippen LogP contribution in [0.1, 0.15) is 11.6 Å². The average Bonchev–Trinajstić information content (AvgIpc) is 2.55. The van der Waals surface area contributed by atoms with Crippen molar-refractivity contribution in [2.24, 2.45) is 0 Å². The lowest BCUT2D eigenvalue weighted by Gasteiger charge is -2.19. The van der Waals surface area contributed by atoms with Gasteiger partial charge in [0.05, 0.1) is 27.4 Å². The van der Waals surface area contributed by atoms with Crippen LogP contribution >= 0.6 is 11.6 Å². The number of sulfone groups is 1. The number of halogens is 1. The molecule has 0 radical (unpaired) electrons. The van der Waals surface area contributed by atoms with Crippen LogP contribution in [0.25, 0.3) is 0 Å². The first kappa shape index (κ1) is 19.7. The molecule has 0 aliphatic rings. The summed E-state index contributed by atoms with van der Waals surface area (Å²) in [6.45, 7) is 0. The smallest absolute Gasteiger partial charge is 0.319 e. The second kappa shape index (κ2) is 8.15. The van der Waals surface area contributed by atoms with E-state index in [0.717, 1.165) is 12.3 Å². The standard InChI is InChI=1S/C16H16ClN3O5S/c1-26(24,25)10-15(11-5-3-2-4-6-11)19-16(21)18-14-8-7-12(20(22)23)9-13(14)17/h2-9,15H,10H2,1H3,(H2,18,19,21)/t15-/m1/s1. The molecule has 0 aliphatic heterocycles. The third kappa shape index (κ3) is 5.71. The molecule has 0 aliphatic carbocycles. The summed E-state index contributed by atoms with van der Waals surface area (Å²) in [6.07, 6.45) is 1.08. The summed E-state index contributed by atoms with van der Waals surface area (Å²) < 4.78 is 23.3. The van der Waals surface area contributed by atoms with E-state index in [-0.39, 0.29) is 22.2 Å². The molecule has 0 saturated heterocycles. The minimum Gasteiger partial charge on any atom is -0.330 e. The number of nitrogens with one attached hydrogen (secondary N) is 2. The fourth-order valence-corrected chi connectivity index (χ4v) is 3.35. The molecule has 138 valence electrons.